The summed E-state index contributed by atoms with van der Waals surface area (Å²) in [5, 5.41) is 6.08. The first kappa shape index (κ1) is 27.2. The highest BCUT2D eigenvalue weighted by atomic mass is 127. The molecule has 7 nitrogen and oxygen atoms in total. The number of hydrogen-bond acceptors (Lipinski definition) is 4. The van der Waals surface area contributed by atoms with E-state index in [1.807, 2.05) is 20.8 Å². The summed E-state index contributed by atoms with van der Waals surface area (Å²) >= 11 is 0. The number of carbonyl (C=O) groups is 1. The molecule has 0 aromatic heterocycles. The third-order valence-corrected chi connectivity index (χ3v) is 4.02. The summed E-state index contributed by atoms with van der Waals surface area (Å²) in [6.07, 6.45) is -4.19. The molecule has 1 rings (SSSR count). The summed E-state index contributed by atoms with van der Waals surface area (Å²) in [4.78, 5) is 21.7. The minimum absolute atomic E-state index is 0. The molecule has 1 aliphatic heterocycles. The Morgan fingerprint density at radius 2 is 1.82 bits per heavy atom. The summed E-state index contributed by atoms with van der Waals surface area (Å²) < 4.78 is 37.1. The van der Waals surface area contributed by atoms with Crippen molar-refractivity contribution >= 4 is 35.8 Å². The Balaban J connectivity index is 0.00000729. The van der Waals surface area contributed by atoms with Gasteiger partial charge in [-0.1, -0.05) is 0 Å². The lowest BCUT2D eigenvalue weighted by molar-refractivity contribution is -0.142. The Hall–Kier alpha value is -0.820. The van der Waals surface area contributed by atoms with Crippen LogP contribution in [-0.2, 0) is 4.79 Å². The van der Waals surface area contributed by atoms with Crippen LogP contribution < -0.4 is 10.6 Å². The van der Waals surface area contributed by atoms with Crippen molar-refractivity contribution in [3.8, 4) is 0 Å². The van der Waals surface area contributed by atoms with E-state index in [0.717, 1.165) is 26.2 Å². The van der Waals surface area contributed by atoms with Gasteiger partial charge in [-0.3, -0.25) is 19.6 Å². The van der Waals surface area contributed by atoms with Crippen LogP contribution in [0.4, 0.5) is 13.2 Å². The second kappa shape index (κ2) is 13.4. The van der Waals surface area contributed by atoms with Crippen LogP contribution >= 0.6 is 24.0 Å². The quantitative estimate of drug-likeness (QED) is 0.285. The molecule has 0 aromatic carbocycles. The summed E-state index contributed by atoms with van der Waals surface area (Å²) in [6, 6.07) is 0.127. The van der Waals surface area contributed by atoms with Crippen LogP contribution in [-0.4, -0.2) is 105 Å². The van der Waals surface area contributed by atoms with Gasteiger partial charge in [0.05, 0.1) is 19.6 Å². The van der Waals surface area contributed by atoms with Gasteiger partial charge in [-0.2, -0.15) is 13.2 Å². The van der Waals surface area contributed by atoms with Crippen LogP contribution in [0.2, 0.25) is 0 Å². The van der Waals surface area contributed by atoms with Crippen LogP contribution in [0.1, 0.15) is 20.8 Å². The van der Waals surface area contributed by atoms with Gasteiger partial charge >= 0.3 is 6.18 Å². The van der Waals surface area contributed by atoms with Crippen LogP contribution in [0.15, 0.2) is 4.99 Å². The van der Waals surface area contributed by atoms with E-state index in [9.17, 15) is 18.0 Å². The molecule has 0 aliphatic carbocycles. The molecule has 1 saturated heterocycles. The zero-order chi connectivity index (χ0) is 20.4. The lowest BCUT2D eigenvalue weighted by atomic mass is 10.3. The number of carbonyl (C=O) groups excluding carboxylic acids is 1. The van der Waals surface area contributed by atoms with Crippen LogP contribution in [0.5, 0.6) is 0 Å². The highest BCUT2D eigenvalue weighted by Crippen LogP contribution is 2.15. The second-order valence-electron chi connectivity index (χ2n) is 7.07. The lowest BCUT2D eigenvalue weighted by Crippen LogP contribution is -2.54. The zero-order valence-electron chi connectivity index (χ0n) is 17.2. The maximum absolute atomic E-state index is 12.4. The number of piperazine rings is 1. The molecule has 1 amide bonds. The third kappa shape index (κ3) is 11.9. The molecule has 2 N–H and O–H groups in total. The number of likely N-dealkylation sites (N-methyl/N-ethyl adjacent to an activating group) is 1. The molecular weight excluding hydrogens is 488 g/mol. The van der Waals surface area contributed by atoms with E-state index in [2.05, 4.69) is 25.4 Å². The van der Waals surface area contributed by atoms with Gasteiger partial charge in [0.15, 0.2) is 5.96 Å². The normalized spacial score (nSPS) is 16.3. The fourth-order valence-corrected chi connectivity index (χ4v) is 2.83. The number of nitrogens with zero attached hydrogens (tertiary/aromatic N) is 4. The number of nitrogens with one attached hydrogen (secondary N) is 2. The van der Waals surface area contributed by atoms with Gasteiger partial charge in [0.1, 0.15) is 0 Å². The highest BCUT2D eigenvalue weighted by Gasteiger charge is 2.29. The van der Waals surface area contributed by atoms with E-state index in [0.29, 0.717) is 25.6 Å². The first-order valence-corrected chi connectivity index (χ1v) is 9.41. The largest absolute Gasteiger partial charge is 0.401 e. The van der Waals surface area contributed by atoms with E-state index in [1.54, 1.807) is 0 Å². The number of amides is 1. The van der Waals surface area contributed by atoms with E-state index in [-0.39, 0.29) is 42.5 Å². The molecular formula is C17H34F3IN6O. The van der Waals surface area contributed by atoms with Crippen molar-refractivity contribution in [1.82, 2.24) is 25.3 Å². The van der Waals surface area contributed by atoms with E-state index >= 15 is 0 Å². The molecule has 1 aliphatic rings. The molecule has 0 spiro atoms. The SMILES string of the molecule is CCNC(=NCCN(C)CC(F)(F)F)N1CCN(CC(=O)NC(C)C)CC1.I. The lowest BCUT2D eigenvalue weighted by Gasteiger charge is -2.36. The van der Waals surface area contributed by atoms with Crippen molar-refractivity contribution < 1.29 is 18.0 Å². The number of halogens is 4. The third-order valence-electron chi connectivity index (χ3n) is 4.02. The Morgan fingerprint density at radius 1 is 1.21 bits per heavy atom. The summed E-state index contributed by atoms with van der Waals surface area (Å²) in [7, 11) is 1.44. The molecule has 1 heterocycles. The molecule has 0 saturated carbocycles. The second-order valence-corrected chi connectivity index (χ2v) is 7.07. The van der Waals surface area contributed by atoms with Gasteiger partial charge in [-0.15, -0.1) is 24.0 Å². The van der Waals surface area contributed by atoms with Crippen molar-refractivity contribution in [2.45, 2.75) is 33.0 Å². The molecule has 0 aromatic rings. The monoisotopic (exact) mass is 522 g/mol. The maximum Gasteiger partial charge on any atom is 0.401 e. The number of alkyl halides is 3. The van der Waals surface area contributed by atoms with Gasteiger partial charge < -0.3 is 15.5 Å². The van der Waals surface area contributed by atoms with Crippen molar-refractivity contribution in [1.29, 1.82) is 0 Å². The summed E-state index contributed by atoms with van der Waals surface area (Å²) in [5.41, 5.74) is 0. The summed E-state index contributed by atoms with van der Waals surface area (Å²) in [6.45, 7) is 9.41. The van der Waals surface area contributed by atoms with Crippen LogP contribution in [0.3, 0.4) is 0 Å². The zero-order valence-corrected chi connectivity index (χ0v) is 19.5. The van der Waals surface area contributed by atoms with Gasteiger partial charge in [0.25, 0.3) is 0 Å². The molecule has 11 heteroatoms. The minimum atomic E-state index is -4.19. The average Bonchev–Trinajstić information content (AvgIpc) is 2.52. The average molecular weight is 522 g/mol. The predicted octanol–water partition coefficient (Wildman–Crippen LogP) is 1.21. The van der Waals surface area contributed by atoms with Crippen molar-refractivity contribution in [2.75, 3.05) is 66.0 Å². The van der Waals surface area contributed by atoms with E-state index in [1.165, 1.54) is 11.9 Å². The molecule has 166 valence electrons. The fourth-order valence-electron chi connectivity index (χ4n) is 2.83. The highest BCUT2D eigenvalue weighted by molar-refractivity contribution is 14.0. The van der Waals surface area contributed by atoms with Gasteiger partial charge in [0, 0.05) is 45.3 Å². The Labute approximate surface area is 183 Å². The minimum Gasteiger partial charge on any atom is -0.357 e. The van der Waals surface area contributed by atoms with Crippen molar-refractivity contribution in [2.24, 2.45) is 4.99 Å². The van der Waals surface area contributed by atoms with Crippen LogP contribution in [0.25, 0.3) is 0 Å². The van der Waals surface area contributed by atoms with Gasteiger partial charge in [0.2, 0.25) is 5.91 Å². The number of hydrogen-bond donors (Lipinski definition) is 2. The first-order chi connectivity index (χ1) is 12.6. The summed E-state index contributed by atoms with van der Waals surface area (Å²) in [5.74, 6) is 0.732. The number of rotatable bonds is 8. The molecule has 0 atom stereocenters. The maximum atomic E-state index is 12.4. The topological polar surface area (TPSA) is 63.2 Å². The fraction of sp³-hybridized carbons (Fsp3) is 0.882. The number of aliphatic imine (C=N–C) groups is 1. The van der Waals surface area contributed by atoms with E-state index in [4.69, 9.17) is 0 Å². The smallest absolute Gasteiger partial charge is 0.357 e. The van der Waals surface area contributed by atoms with E-state index < -0.39 is 12.7 Å². The molecule has 0 radical (unpaired) electrons. The molecule has 0 unspecified atom stereocenters. The number of guanidine groups is 1. The van der Waals surface area contributed by atoms with Gasteiger partial charge in [-0.25, -0.2) is 0 Å². The molecule has 1 fully saturated rings. The van der Waals surface area contributed by atoms with Gasteiger partial charge in [-0.05, 0) is 27.8 Å². The Kier molecular flexibility index (Phi) is 13.0. The Morgan fingerprint density at radius 3 is 2.32 bits per heavy atom. The van der Waals surface area contributed by atoms with Crippen molar-refractivity contribution in [3.05, 3.63) is 0 Å². The molecule has 28 heavy (non-hydrogen) atoms. The molecule has 0 bridgehead atoms. The van der Waals surface area contributed by atoms with Crippen LogP contribution in [0, 0.1) is 0 Å². The van der Waals surface area contributed by atoms with Crippen molar-refractivity contribution in [3.63, 3.8) is 0 Å². The standard InChI is InChI=1S/C17H33F3N6O.HI/c1-5-21-16(22-6-7-24(4)13-17(18,19)20)26-10-8-25(9-11-26)12-15(27)23-14(2)3;/h14H,5-13H2,1-4H3,(H,21,22)(H,23,27);1H. The first-order valence-electron chi connectivity index (χ1n) is 9.41. The Bertz CT molecular complexity index is 482. The predicted molar refractivity (Wildman–Crippen MR) is 116 cm³/mol.